The van der Waals surface area contributed by atoms with Crippen LogP contribution in [0.25, 0.3) is 0 Å². The van der Waals surface area contributed by atoms with Crippen LogP contribution in [-0.2, 0) is 17.8 Å². The molecule has 0 aliphatic heterocycles. The van der Waals surface area contributed by atoms with Gasteiger partial charge in [0.2, 0.25) is 5.91 Å². The van der Waals surface area contributed by atoms with Crippen molar-refractivity contribution in [2.45, 2.75) is 32.4 Å². The molecule has 1 heterocycles. The van der Waals surface area contributed by atoms with Gasteiger partial charge in [0.1, 0.15) is 0 Å². The molecule has 3 nitrogen and oxygen atoms in total. The monoisotopic (exact) mass is 272 g/mol. The van der Waals surface area contributed by atoms with Gasteiger partial charge in [0.15, 0.2) is 0 Å². The zero-order valence-corrected chi connectivity index (χ0v) is 12.0. The predicted molar refractivity (Wildman–Crippen MR) is 76.5 cm³/mol. The van der Waals surface area contributed by atoms with Crippen LogP contribution in [0.3, 0.4) is 0 Å². The first-order valence-corrected chi connectivity index (χ1v) is 8.03. The van der Waals surface area contributed by atoms with Gasteiger partial charge in [-0.3, -0.25) is 4.79 Å². The van der Waals surface area contributed by atoms with Crippen LogP contribution in [0.15, 0.2) is 11.4 Å². The third-order valence-corrected chi connectivity index (χ3v) is 4.22. The zero-order valence-electron chi connectivity index (χ0n) is 10.4. The van der Waals surface area contributed by atoms with Gasteiger partial charge < -0.3 is 11.1 Å². The average Bonchev–Trinajstić information content (AvgIpc) is 2.80. The Labute approximate surface area is 111 Å². The molecule has 1 aromatic rings. The van der Waals surface area contributed by atoms with Crippen LogP contribution in [-0.4, -0.2) is 24.0 Å². The minimum Gasteiger partial charge on any atom is -0.350 e. The van der Waals surface area contributed by atoms with Gasteiger partial charge in [-0.2, -0.15) is 11.8 Å². The van der Waals surface area contributed by atoms with Crippen LogP contribution in [0.1, 0.15) is 23.8 Å². The van der Waals surface area contributed by atoms with Crippen molar-refractivity contribution < 1.29 is 4.79 Å². The second-order valence-corrected chi connectivity index (χ2v) is 5.81. The maximum atomic E-state index is 11.7. The molecule has 0 saturated heterocycles. The minimum absolute atomic E-state index is 0.0468. The van der Waals surface area contributed by atoms with Crippen LogP contribution in [0.2, 0.25) is 0 Å². The largest absolute Gasteiger partial charge is 0.350 e. The lowest BCUT2D eigenvalue weighted by Gasteiger charge is -2.11. The smallest absolute Gasteiger partial charge is 0.237 e. The van der Waals surface area contributed by atoms with E-state index in [2.05, 4.69) is 23.7 Å². The van der Waals surface area contributed by atoms with E-state index in [9.17, 15) is 4.79 Å². The molecule has 0 aromatic carbocycles. The first-order valence-electron chi connectivity index (χ1n) is 5.76. The molecule has 0 aliphatic rings. The van der Waals surface area contributed by atoms with E-state index in [1.54, 1.807) is 23.1 Å². The second kappa shape index (κ2) is 7.74. The lowest BCUT2D eigenvalue weighted by molar-refractivity contribution is -0.122. The van der Waals surface area contributed by atoms with Gasteiger partial charge in [-0.25, -0.2) is 0 Å². The molecule has 0 saturated carbocycles. The Kier molecular flexibility index (Phi) is 6.62. The summed E-state index contributed by atoms with van der Waals surface area (Å²) < 4.78 is 0. The molecule has 0 aliphatic carbocycles. The second-order valence-electron chi connectivity index (χ2n) is 3.83. The molecule has 0 radical (unpaired) electrons. The zero-order chi connectivity index (χ0) is 12.7. The normalized spacial score (nSPS) is 12.4. The van der Waals surface area contributed by atoms with Gasteiger partial charge in [0, 0.05) is 4.88 Å². The first-order chi connectivity index (χ1) is 8.19. The van der Waals surface area contributed by atoms with Crippen molar-refractivity contribution in [2.24, 2.45) is 5.73 Å². The number of thioether (sulfide) groups is 1. The van der Waals surface area contributed by atoms with E-state index in [1.807, 2.05) is 6.26 Å². The minimum atomic E-state index is -0.382. The topological polar surface area (TPSA) is 55.1 Å². The molecule has 1 rings (SSSR count). The lowest BCUT2D eigenvalue weighted by atomic mass is 10.2. The first kappa shape index (κ1) is 14.5. The molecule has 0 fully saturated rings. The Balaban J connectivity index is 2.37. The van der Waals surface area contributed by atoms with Crippen LogP contribution in [0.5, 0.6) is 0 Å². The highest BCUT2D eigenvalue weighted by Crippen LogP contribution is 2.16. The maximum Gasteiger partial charge on any atom is 0.237 e. The van der Waals surface area contributed by atoms with Crippen molar-refractivity contribution in [1.82, 2.24) is 5.32 Å². The summed E-state index contributed by atoms with van der Waals surface area (Å²) in [4.78, 5) is 12.9. The van der Waals surface area contributed by atoms with E-state index in [-0.39, 0.29) is 11.9 Å². The molecule has 0 unspecified atom stereocenters. The SMILES string of the molecule is CCc1ccsc1CNC(=O)[C@H](N)CCSC. The van der Waals surface area contributed by atoms with E-state index in [0.717, 1.165) is 18.6 Å². The third-order valence-electron chi connectivity index (χ3n) is 2.61. The number of rotatable bonds is 7. The maximum absolute atomic E-state index is 11.7. The molecule has 0 bridgehead atoms. The Bertz CT molecular complexity index is 352. The number of amides is 1. The van der Waals surface area contributed by atoms with Crippen LogP contribution < -0.4 is 11.1 Å². The molecular formula is C12H20N2OS2. The quantitative estimate of drug-likeness (QED) is 0.798. The van der Waals surface area contributed by atoms with E-state index in [4.69, 9.17) is 5.73 Å². The number of aryl methyl sites for hydroxylation is 1. The Morgan fingerprint density at radius 2 is 2.41 bits per heavy atom. The van der Waals surface area contributed by atoms with Crippen molar-refractivity contribution in [3.05, 3.63) is 21.9 Å². The molecule has 1 aromatic heterocycles. The van der Waals surface area contributed by atoms with Crippen molar-refractivity contribution in [1.29, 1.82) is 0 Å². The average molecular weight is 272 g/mol. The van der Waals surface area contributed by atoms with E-state index < -0.39 is 0 Å². The summed E-state index contributed by atoms with van der Waals surface area (Å²) in [6, 6.07) is 1.73. The van der Waals surface area contributed by atoms with Crippen molar-refractivity contribution in [2.75, 3.05) is 12.0 Å². The van der Waals surface area contributed by atoms with E-state index >= 15 is 0 Å². The molecule has 96 valence electrons. The lowest BCUT2D eigenvalue weighted by Crippen LogP contribution is -2.40. The molecule has 1 amide bonds. The van der Waals surface area contributed by atoms with Crippen molar-refractivity contribution >= 4 is 29.0 Å². The summed E-state index contributed by atoms with van der Waals surface area (Å²) in [6.45, 7) is 2.73. The molecular weight excluding hydrogens is 252 g/mol. The summed E-state index contributed by atoms with van der Waals surface area (Å²) >= 11 is 3.40. The van der Waals surface area contributed by atoms with Gasteiger partial charge in [0.05, 0.1) is 12.6 Å². The number of carbonyl (C=O) groups is 1. The molecule has 5 heteroatoms. The number of hydrogen-bond acceptors (Lipinski definition) is 4. The number of nitrogens with one attached hydrogen (secondary N) is 1. The highest BCUT2D eigenvalue weighted by atomic mass is 32.2. The standard InChI is InChI=1S/C12H20N2OS2/c1-3-9-4-7-17-11(9)8-14-12(15)10(13)5-6-16-2/h4,7,10H,3,5-6,8,13H2,1-2H3,(H,14,15)/t10-/m1/s1. The molecule has 17 heavy (non-hydrogen) atoms. The van der Waals surface area contributed by atoms with Gasteiger partial charge >= 0.3 is 0 Å². The van der Waals surface area contributed by atoms with Crippen molar-refractivity contribution in [3.63, 3.8) is 0 Å². The number of carbonyl (C=O) groups excluding carboxylic acids is 1. The number of thiophene rings is 1. The summed E-state index contributed by atoms with van der Waals surface area (Å²) in [5.41, 5.74) is 7.10. The molecule has 0 spiro atoms. The summed E-state index contributed by atoms with van der Waals surface area (Å²) in [7, 11) is 0. The van der Waals surface area contributed by atoms with E-state index in [0.29, 0.717) is 6.54 Å². The highest BCUT2D eigenvalue weighted by Gasteiger charge is 2.13. The fourth-order valence-electron chi connectivity index (χ4n) is 1.51. The predicted octanol–water partition coefficient (Wildman–Crippen LogP) is 2.01. The summed E-state index contributed by atoms with van der Waals surface area (Å²) in [6.07, 6.45) is 3.76. The third kappa shape index (κ3) is 4.69. The van der Waals surface area contributed by atoms with Gasteiger partial charge in [0.25, 0.3) is 0 Å². The fourth-order valence-corrected chi connectivity index (χ4v) is 2.92. The van der Waals surface area contributed by atoms with Crippen LogP contribution in [0, 0.1) is 0 Å². The van der Waals surface area contributed by atoms with Gasteiger partial charge in [-0.1, -0.05) is 6.92 Å². The highest BCUT2D eigenvalue weighted by molar-refractivity contribution is 7.98. The summed E-state index contributed by atoms with van der Waals surface area (Å²) in [5, 5.41) is 4.97. The van der Waals surface area contributed by atoms with Crippen molar-refractivity contribution in [3.8, 4) is 0 Å². The van der Waals surface area contributed by atoms with Gasteiger partial charge in [-0.05, 0) is 41.9 Å². The number of hydrogen-bond donors (Lipinski definition) is 2. The van der Waals surface area contributed by atoms with Crippen LogP contribution >= 0.6 is 23.1 Å². The number of nitrogens with two attached hydrogens (primary N) is 1. The fraction of sp³-hybridized carbons (Fsp3) is 0.583. The Hall–Kier alpha value is -0.520. The molecule has 3 N–H and O–H groups in total. The molecule has 1 atom stereocenters. The Morgan fingerprint density at radius 3 is 3.06 bits per heavy atom. The summed E-state index contributed by atoms with van der Waals surface area (Å²) in [5.74, 6) is 0.878. The van der Waals surface area contributed by atoms with Gasteiger partial charge in [-0.15, -0.1) is 11.3 Å². The Morgan fingerprint density at radius 1 is 1.65 bits per heavy atom. The van der Waals surface area contributed by atoms with E-state index in [1.165, 1.54) is 10.4 Å². The van der Waals surface area contributed by atoms with Crippen LogP contribution in [0.4, 0.5) is 0 Å².